The first-order valence-corrected chi connectivity index (χ1v) is 9.32. The van der Waals surface area contributed by atoms with Gasteiger partial charge >= 0.3 is 0 Å². The fourth-order valence-corrected chi connectivity index (χ4v) is 3.35. The zero-order valence-electron chi connectivity index (χ0n) is 15.6. The minimum atomic E-state index is -0.0137. The van der Waals surface area contributed by atoms with E-state index in [1.165, 1.54) is 10.6 Å². The van der Waals surface area contributed by atoms with E-state index in [2.05, 4.69) is 10.2 Å². The zero-order valence-corrected chi connectivity index (χ0v) is 16.4. The van der Waals surface area contributed by atoms with Gasteiger partial charge in [-0.05, 0) is 24.3 Å². The molecule has 1 amide bonds. The maximum absolute atomic E-state index is 12.4. The van der Waals surface area contributed by atoms with Gasteiger partial charge in [-0.1, -0.05) is 11.6 Å². The summed E-state index contributed by atoms with van der Waals surface area (Å²) < 4.78 is 10.5. The van der Waals surface area contributed by atoms with E-state index < -0.39 is 0 Å². The van der Waals surface area contributed by atoms with E-state index in [-0.39, 0.29) is 5.91 Å². The number of nitrogens with zero attached hydrogens (tertiary/aromatic N) is 1. The zero-order chi connectivity index (χ0) is 19.2. The Hall–Kier alpha value is -2.44. The van der Waals surface area contributed by atoms with Crippen LogP contribution in [-0.2, 0) is 4.79 Å². The molecule has 0 aromatic heterocycles. The van der Waals surface area contributed by atoms with Crippen molar-refractivity contribution in [3.63, 3.8) is 0 Å². The van der Waals surface area contributed by atoms with Crippen molar-refractivity contribution in [2.24, 2.45) is 0 Å². The molecule has 0 saturated carbocycles. The topological polar surface area (TPSA) is 55.2 Å². The van der Waals surface area contributed by atoms with E-state index in [9.17, 15) is 4.79 Å². The summed E-state index contributed by atoms with van der Waals surface area (Å²) in [4.78, 5) is 16.0. The quantitative estimate of drug-likeness (QED) is 0.788. The number of piperazine rings is 1. The molecule has 1 aliphatic heterocycles. The van der Waals surface area contributed by atoms with Crippen LogP contribution < -0.4 is 24.6 Å². The molecule has 2 aromatic carbocycles. The first-order chi connectivity index (χ1) is 13.1. The summed E-state index contributed by atoms with van der Waals surface area (Å²) in [5.74, 6) is 1.28. The third kappa shape index (κ3) is 5.28. The molecule has 2 aromatic rings. The van der Waals surface area contributed by atoms with E-state index in [0.29, 0.717) is 23.7 Å². The molecule has 0 atom stereocenters. The standard InChI is InChI=1S/C20H24ClN3O3/c1-26-18-11-16(12-19(13-18)27-2)22-20(25)14-23-7-9-24(10-8-23)17-5-3-15(21)4-6-17/h3-6,11-13H,7-10,14H2,1-2H3,(H,22,25)/p+1. The molecule has 0 unspecified atom stereocenters. The Morgan fingerprint density at radius 3 is 2.22 bits per heavy atom. The lowest BCUT2D eigenvalue weighted by Gasteiger charge is -2.33. The number of quaternary nitrogens is 1. The van der Waals surface area contributed by atoms with Crippen molar-refractivity contribution in [3.8, 4) is 11.5 Å². The van der Waals surface area contributed by atoms with E-state index >= 15 is 0 Å². The third-order valence-corrected chi connectivity index (χ3v) is 4.96. The van der Waals surface area contributed by atoms with Gasteiger partial charge in [0.1, 0.15) is 11.5 Å². The number of rotatable bonds is 6. The molecule has 0 radical (unpaired) electrons. The number of halogens is 1. The smallest absolute Gasteiger partial charge is 0.279 e. The van der Waals surface area contributed by atoms with Gasteiger partial charge in [0.25, 0.3) is 5.91 Å². The summed E-state index contributed by atoms with van der Waals surface area (Å²) in [5.41, 5.74) is 1.85. The van der Waals surface area contributed by atoms with Crippen LogP contribution in [0.1, 0.15) is 0 Å². The van der Waals surface area contributed by atoms with Gasteiger partial charge in [0.2, 0.25) is 0 Å². The number of ether oxygens (including phenoxy) is 2. The van der Waals surface area contributed by atoms with E-state index in [1.54, 1.807) is 32.4 Å². The molecule has 1 heterocycles. The molecular formula is C20H25ClN3O3+. The van der Waals surface area contributed by atoms with Gasteiger partial charge < -0.3 is 24.6 Å². The summed E-state index contributed by atoms with van der Waals surface area (Å²) in [6.45, 7) is 4.09. The van der Waals surface area contributed by atoms with Gasteiger partial charge in [-0.2, -0.15) is 0 Å². The highest BCUT2D eigenvalue weighted by atomic mass is 35.5. The lowest BCUT2D eigenvalue weighted by atomic mass is 10.2. The summed E-state index contributed by atoms with van der Waals surface area (Å²) in [6.07, 6.45) is 0. The van der Waals surface area contributed by atoms with Crippen LogP contribution >= 0.6 is 11.6 Å². The molecule has 0 spiro atoms. The average molecular weight is 391 g/mol. The highest BCUT2D eigenvalue weighted by Crippen LogP contribution is 2.25. The molecule has 6 nitrogen and oxygen atoms in total. The van der Waals surface area contributed by atoms with E-state index in [1.807, 2.05) is 24.3 Å². The molecule has 27 heavy (non-hydrogen) atoms. The summed E-state index contributed by atoms with van der Waals surface area (Å²) in [6, 6.07) is 13.2. The summed E-state index contributed by atoms with van der Waals surface area (Å²) in [5, 5.41) is 3.68. The highest BCUT2D eigenvalue weighted by molar-refractivity contribution is 6.30. The maximum Gasteiger partial charge on any atom is 0.279 e. The van der Waals surface area contributed by atoms with E-state index in [4.69, 9.17) is 21.1 Å². The molecule has 144 valence electrons. The predicted molar refractivity (Wildman–Crippen MR) is 107 cm³/mol. The van der Waals surface area contributed by atoms with Crippen molar-refractivity contribution in [1.82, 2.24) is 0 Å². The Kier molecular flexibility index (Phi) is 6.42. The number of hydrogen-bond donors (Lipinski definition) is 2. The van der Waals surface area contributed by atoms with Gasteiger partial charge in [0.15, 0.2) is 6.54 Å². The second kappa shape index (κ2) is 8.97. The molecule has 7 heteroatoms. The van der Waals surface area contributed by atoms with Gasteiger partial charge in [-0.25, -0.2) is 0 Å². The van der Waals surface area contributed by atoms with Crippen LogP contribution in [-0.4, -0.2) is 52.9 Å². The van der Waals surface area contributed by atoms with Crippen molar-refractivity contribution in [1.29, 1.82) is 0 Å². The van der Waals surface area contributed by atoms with Gasteiger partial charge in [-0.3, -0.25) is 4.79 Å². The summed E-state index contributed by atoms with van der Waals surface area (Å²) >= 11 is 5.95. The third-order valence-electron chi connectivity index (χ3n) is 4.71. The first-order valence-electron chi connectivity index (χ1n) is 8.94. The predicted octanol–water partition coefficient (Wildman–Crippen LogP) is 1.70. The van der Waals surface area contributed by atoms with Crippen LogP contribution in [0.25, 0.3) is 0 Å². The number of carbonyl (C=O) groups excluding carboxylic acids is 1. The van der Waals surface area contributed by atoms with Crippen LogP contribution in [0.15, 0.2) is 42.5 Å². The lowest BCUT2D eigenvalue weighted by molar-refractivity contribution is -0.892. The Morgan fingerprint density at radius 1 is 1.07 bits per heavy atom. The molecule has 3 rings (SSSR count). The number of hydrogen-bond acceptors (Lipinski definition) is 4. The SMILES string of the molecule is COc1cc(NC(=O)C[NH+]2CCN(c3ccc(Cl)cc3)CC2)cc(OC)c1. The van der Waals surface area contributed by atoms with Gasteiger partial charge in [0.05, 0.1) is 40.4 Å². The second-order valence-electron chi connectivity index (χ2n) is 6.54. The number of nitrogens with one attached hydrogen (secondary N) is 2. The first kappa shape index (κ1) is 19.3. The number of methoxy groups -OCH3 is 2. The van der Waals surface area contributed by atoms with Crippen molar-refractivity contribution in [3.05, 3.63) is 47.5 Å². The van der Waals surface area contributed by atoms with Crippen LogP contribution in [0.3, 0.4) is 0 Å². The number of benzene rings is 2. The average Bonchev–Trinajstić information content (AvgIpc) is 2.68. The molecule has 1 aliphatic rings. The van der Waals surface area contributed by atoms with Crippen LogP contribution in [0.2, 0.25) is 5.02 Å². The minimum absolute atomic E-state index is 0.0137. The van der Waals surface area contributed by atoms with E-state index in [0.717, 1.165) is 31.2 Å². The van der Waals surface area contributed by atoms with Crippen molar-refractivity contribution >= 4 is 28.9 Å². The lowest BCUT2D eigenvalue weighted by Crippen LogP contribution is -3.15. The maximum atomic E-state index is 12.4. The van der Waals surface area contributed by atoms with Crippen LogP contribution in [0.4, 0.5) is 11.4 Å². The highest BCUT2D eigenvalue weighted by Gasteiger charge is 2.22. The number of anilines is 2. The fourth-order valence-electron chi connectivity index (χ4n) is 3.22. The van der Waals surface area contributed by atoms with Crippen molar-refractivity contribution in [2.45, 2.75) is 0 Å². The number of amides is 1. The molecule has 0 bridgehead atoms. The second-order valence-corrected chi connectivity index (χ2v) is 6.98. The minimum Gasteiger partial charge on any atom is -0.497 e. The Balaban J connectivity index is 1.51. The molecule has 2 N–H and O–H groups in total. The van der Waals surface area contributed by atoms with Gasteiger partial charge in [0, 0.05) is 34.6 Å². The van der Waals surface area contributed by atoms with Crippen LogP contribution in [0.5, 0.6) is 11.5 Å². The summed E-state index contributed by atoms with van der Waals surface area (Å²) in [7, 11) is 3.18. The molecule has 1 saturated heterocycles. The largest absolute Gasteiger partial charge is 0.497 e. The molecular weight excluding hydrogens is 366 g/mol. The number of carbonyl (C=O) groups is 1. The normalized spacial score (nSPS) is 14.7. The molecule has 0 aliphatic carbocycles. The monoisotopic (exact) mass is 390 g/mol. The Bertz CT molecular complexity index is 752. The Labute approximate surface area is 164 Å². The molecule has 1 fully saturated rings. The van der Waals surface area contributed by atoms with Gasteiger partial charge in [-0.15, -0.1) is 0 Å². The van der Waals surface area contributed by atoms with Crippen molar-refractivity contribution < 1.29 is 19.2 Å². The fraction of sp³-hybridized carbons (Fsp3) is 0.350. The van der Waals surface area contributed by atoms with Crippen molar-refractivity contribution in [2.75, 3.05) is 57.2 Å². The Morgan fingerprint density at radius 2 is 1.67 bits per heavy atom. The van der Waals surface area contributed by atoms with Crippen LogP contribution in [0, 0.1) is 0 Å².